The highest BCUT2D eigenvalue weighted by molar-refractivity contribution is 7.93. The summed E-state index contributed by atoms with van der Waals surface area (Å²) in [6, 6.07) is 3.00. The van der Waals surface area contributed by atoms with Gasteiger partial charge < -0.3 is 14.2 Å². The number of nitrogens with zero attached hydrogens (tertiary/aromatic N) is 6. The van der Waals surface area contributed by atoms with Crippen LogP contribution in [0.3, 0.4) is 0 Å². The van der Waals surface area contributed by atoms with E-state index in [9.17, 15) is 8.42 Å². The Morgan fingerprint density at radius 1 is 1.21 bits per heavy atom. The lowest BCUT2D eigenvalue weighted by Gasteiger charge is -2.22. The van der Waals surface area contributed by atoms with Crippen molar-refractivity contribution in [3.8, 4) is 23.1 Å². The van der Waals surface area contributed by atoms with Crippen LogP contribution in [0.25, 0.3) is 11.5 Å². The molecule has 0 aliphatic carbocycles. The number of rotatable bonds is 8. The molecule has 1 aliphatic rings. The molecule has 0 fully saturated rings. The first kappa shape index (κ1) is 23.8. The zero-order valence-corrected chi connectivity index (χ0v) is 20.4. The zero-order valence-electron chi connectivity index (χ0n) is 19.6. The van der Waals surface area contributed by atoms with Gasteiger partial charge in [0.1, 0.15) is 18.2 Å². The van der Waals surface area contributed by atoms with E-state index in [4.69, 9.17) is 14.2 Å². The van der Waals surface area contributed by atoms with Gasteiger partial charge in [-0.25, -0.2) is 23.4 Å². The molecular formula is C21H27N7O5S. The molecule has 0 aromatic carbocycles. The molecule has 0 spiro atoms. The van der Waals surface area contributed by atoms with Crippen molar-refractivity contribution in [2.45, 2.75) is 38.0 Å². The predicted molar refractivity (Wildman–Crippen MR) is 123 cm³/mol. The first-order valence-electron chi connectivity index (χ1n) is 10.7. The molecule has 0 saturated carbocycles. The molecule has 3 aromatic rings. The third kappa shape index (κ3) is 4.53. The van der Waals surface area contributed by atoms with E-state index in [0.29, 0.717) is 29.0 Å². The molecule has 12 nitrogen and oxygen atoms in total. The van der Waals surface area contributed by atoms with Crippen LogP contribution in [0.2, 0.25) is 0 Å². The second kappa shape index (κ2) is 9.50. The van der Waals surface area contributed by atoms with Gasteiger partial charge in [-0.1, -0.05) is 6.92 Å². The van der Waals surface area contributed by atoms with Gasteiger partial charge in [-0.3, -0.25) is 9.29 Å². The quantitative estimate of drug-likeness (QED) is 0.499. The Balaban J connectivity index is 1.70. The number of ether oxygens (including phenoxy) is 3. The molecule has 2 unspecified atom stereocenters. The molecule has 13 heteroatoms. The Morgan fingerprint density at radius 2 is 1.94 bits per heavy atom. The van der Waals surface area contributed by atoms with Crippen LogP contribution in [0, 0.1) is 6.92 Å². The summed E-state index contributed by atoms with van der Waals surface area (Å²) < 4.78 is 47.4. The normalized spacial score (nSPS) is 17.0. The van der Waals surface area contributed by atoms with Gasteiger partial charge in [-0.05, 0) is 25.5 Å². The van der Waals surface area contributed by atoms with E-state index in [2.05, 4.69) is 29.9 Å². The van der Waals surface area contributed by atoms with Gasteiger partial charge >= 0.3 is 0 Å². The fourth-order valence-electron chi connectivity index (χ4n) is 3.60. The molecule has 182 valence electrons. The smallest absolute Gasteiger partial charge is 0.239 e. The summed E-state index contributed by atoms with van der Waals surface area (Å²) in [5, 5.41) is 7.52. The van der Waals surface area contributed by atoms with Gasteiger partial charge in [-0.2, -0.15) is 0 Å². The van der Waals surface area contributed by atoms with Crippen molar-refractivity contribution in [2.75, 3.05) is 32.2 Å². The maximum atomic E-state index is 13.3. The fraction of sp³-hybridized carbons (Fsp3) is 0.476. The van der Waals surface area contributed by atoms with Crippen molar-refractivity contribution < 1.29 is 22.6 Å². The van der Waals surface area contributed by atoms with Crippen molar-refractivity contribution in [1.82, 2.24) is 29.7 Å². The average Bonchev–Trinajstić information content (AvgIpc) is 3.16. The van der Waals surface area contributed by atoms with E-state index < -0.39 is 27.2 Å². The topological polar surface area (TPSA) is 143 Å². The molecule has 4 rings (SSSR count). The second-order valence-electron chi connectivity index (χ2n) is 8.10. The Hall–Kier alpha value is -3.32. The third-order valence-electron chi connectivity index (χ3n) is 5.74. The van der Waals surface area contributed by atoms with Crippen molar-refractivity contribution in [1.29, 1.82) is 0 Å². The minimum atomic E-state index is -3.89. The van der Waals surface area contributed by atoms with E-state index in [1.54, 1.807) is 50.1 Å². The molecule has 3 aromatic heterocycles. The predicted octanol–water partition coefficient (Wildman–Crippen LogP) is 1.96. The number of methoxy groups -OCH3 is 2. The number of aryl methyl sites for hydroxylation is 1. The van der Waals surface area contributed by atoms with Gasteiger partial charge in [0.2, 0.25) is 21.9 Å². The Morgan fingerprint density at radius 3 is 2.62 bits per heavy atom. The Labute approximate surface area is 197 Å². The fourth-order valence-corrected chi connectivity index (χ4v) is 4.84. The number of nitrogens with one attached hydrogen (secondary N) is 1. The molecule has 0 bridgehead atoms. The van der Waals surface area contributed by atoms with Gasteiger partial charge in [-0.15, -0.1) is 10.2 Å². The maximum absolute atomic E-state index is 13.3. The van der Waals surface area contributed by atoms with Crippen molar-refractivity contribution in [2.24, 2.45) is 0 Å². The van der Waals surface area contributed by atoms with Crippen LogP contribution in [0.5, 0.6) is 11.6 Å². The molecule has 0 radical (unpaired) electrons. The highest BCUT2D eigenvalue weighted by Crippen LogP contribution is 2.36. The lowest BCUT2D eigenvalue weighted by Crippen LogP contribution is -2.32. The Bertz CT molecular complexity index is 1260. The van der Waals surface area contributed by atoms with E-state index in [1.165, 1.54) is 7.11 Å². The van der Waals surface area contributed by atoms with Crippen LogP contribution in [0.1, 0.15) is 37.2 Å². The Kier molecular flexibility index (Phi) is 6.66. The largest absolute Gasteiger partial charge is 0.489 e. The SMILES string of the molecule is COC[C@H]1COc2ccc(OC)nc2-c2nnc(NS(=O)(=O)C(C)C(C)c3ncc(C)cn3)n21. The highest BCUT2D eigenvalue weighted by Gasteiger charge is 2.34. The minimum absolute atomic E-state index is 0.0435. The van der Waals surface area contributed by atoms with Crippen LogP contribution in [0.15, 0.2) is 24.5 Å². The standard InChI is InChI=1S/C21H27N7O5S/c1-12-8-22-19(23-9-12)13(2)14(3)34(29,30)27-21-26-25-20-18-16(6-7-17(24-18)32-5)33-11-15(10-31-4)28(20)21/h6-9,13-15H,10-11H2,1-5H3,(H,26,27)/t13?,14?,15-/m0/s1. The second-order valence-corrected chi connectivity index (χ2v) is 10.1. The summed E-state index contributed by atoms with van der Waals surface area (Å²) in [7, 11) is -0.836. The number of fused-ring (bicyclic) bond motifs is 3. The molecule has 0 saturated heterocycles. The number of anilines is 1. The summed E-state index contributed by atoms with van der Waals surface area (Å²) in [4.78, 5) is 13.0. The molecule has 34 heavy (non-hydrogen) atoms. The lowest BCUT2D eigenvalue weighted by atomic mass is 10.1. The van der Waals surface area contributed by atoms with E-state index in [1.807, 2.05) is 6.92 Å². The molecule has 0 amide bonds. The van der Waals surface area contributed by atoms with Crippen molar-refractivity contribution in [3.05, 3.63) is 35.9 Å². The van der Waals surface area contributed by atoms with Crippen LogP contribution >= 0.6 is 0 Å². The molecule has 3 atom stereocenters. The van der Waals surface area contributed by atoms with E-state index in [0.717, 1.165) is 5.56 Å². The highest BCUT2D eigenvalue weighted by atomic mass is 32.2. The van der Waals surface area contributed by atoms with Gasteiger partial charge in [0.15, 0.2) is 11.5 Å². The minimum Gasteiger partial charge on any atom is -0.489 e. The van der Waals surface area contributed by atoms with Crippen LogP contribution in [-0.4, -0.2) is 70.8 Å². The number of aromatic nitrogens is 6. The van der Waals surface area contributed by atoms with Crippen LogP contribution in [-0.2, 0) is 14.8 Å². The summed E-state index contributed by atoms with van der Waals surface area (Å²) in [6.07, 6.45) is 3.33. The first-order valence-corrected chi connectivity index (χ1v) is 12.2. The molecule has 4 heterocycles. The van der Waals surface area contributed by atoms with E-state index in [-0.39, 0.29) is 19.2 Å². The number of hydrogen-bond donors (Lipinski definition) is 1. The maximum Gasteiger partial charge on any atom is 0.239 e. The van der Waals surface area contributed by atoms with Gasteiger partial charge in [0.25, 0.3) is 0 Å². The molecular weight excluding hydrogens is 462 g/mol. The van der Waals surface area contributed by atoms with Gasteiger partial charge in [0, 0.05) is 31.5 Å². The third-order valence-corrected chi connectivity index (χ3v) is 7.59. The van der Waals surface area contributed by atoms with Crippen LogP contribution < -0.4 is 14.2 Å². The van der Waals surface area contributed by atoms with Crippen molar-refractivity contribution in [3.63, 3.8) is 0 Å². The van der Waals surface area contributed by atoms with E-state index >= 15 is 0 Å². The summed E-state index contributed by atoms with van der Waals surface area (Å²) in [6.45, 7) is 5.70. The zero-order chi connectivity index (χ0) is 24.5. The summed E-state index contributed by atoms with van der Waals surface area (Å²) in [5.74, 6) is 1.22. The van der Waals surface area contributed by atoms with Crippen LogP contribution in [0.4, 0.5) is 5.95 Å². The summed E-state index contributed by atoms with van der Waals surface area (Å²) in [5.41, 5.74) is 1.29. The number of hydrogen-bond acceptors (Lipinski definition) is 10. The number of sulfonamides is 1. The lowest BCUT2D eigenvalue weighted by molar-refractivity contribution is 0.126. The molecule has 1 aliphatic heterocycles. The number of pyridine rings is 1. The van der Waals surface area contributed by atoms with Gasteiger partial charge in [0.05, 0.1) is 25.0 Å². The monoisotopic (exact) mass is 489 g/mol. The molecule has 1 N–H and O–H groups in total. The first-order chi connectivity index (χ1) is 16.2. The summed E-state index contributed by atoms with van der Waals surface area (Å²) >= 11 is 0. The average molecular weight is 490 g/mol. The van der Waals surface area contributed by atoms with Crippen molar-refractivity contribution >= 4 is 16.0 Å².